The molecule has 0 aromatic heterocycles. The highest BCUT2D eigenvalue weighted by molar-refractivity contribution is 9.10. The van der Waals surface area contributed by atoms with Gasteiger partial charge >= 0.3 is 0 Å². The van der Waals surface area contributed by atoms with Gasteiger partial charge in [-0.05, 0) is 12.0 Å². The Morgan fingerprint density at radius 3 is 2.73 bits per heavy atom. The van der Waals surface area contributed by atoms with Crippen LogP contribution in [0.15, 0.2) is 42.5 Å². The number of fused-ring (bicyclic) bond motifs is 1. The van der Waals surface area contributed by atoms with E-state index < -0.39 is 4.32 Å². The van der Waals surface area contributed by atoms with Gasteiger partial charge in [0.2, 0.25) is 0 Å². The van der Waals surface area contributed by atoms with E-state index in [1.54, 1.807) is 0 Å². The highest BCUT2D eigenvalue weighted by Crippen LogP contribution is 2.58. The van der Waals surface area contributed by atoms with Crippen molar-refractivity contribution >= 4 is 21.7 Å². The standard InChI is InChI=1S/C13H11BrO/c14-13(9-5-2-1-3-6-9)11-8-4-7-10(11)12(13)15/h1-6,8,10-11H,7H2. The second-order valence-electron chi connectivity index (χ2n) is 4.24. The number of halogens is 1. The van der Waals surface area contributed by atoms with Crippen molar-refractivity contribution in [3.63, 3.8) is 0 Å². The molecule has 0 amide bonds. The molecule has 0 radical (unpaired) electrons. The molecule has 15 heavy (non-hydrogen) atoms. The number of hydrogen-bond acceptors (Lipinski definition) is 1. The predicted molar refractivity (Wildman–Crippen MR) is 62.8 cm³/mol. The fourth-order valence-electron chi connectivity index (χ4n) is 2.69. The number of rotatable bonds is 1. The minimum Gasteiger partial charge on any atom is -0.297 e. The highest BCUT2D eigenvalue weighted by Gasteiger charge is 2.61. The first-order valence-electron chi connectivity index (χ1n) is 5.20. The SMILES string of the molecule is O=C1C2CC=CC2C1(Br)c1ccccc1. The maximum atomic E-state index is 12.1. The zero-order valence-corrected chi connectivity index (χ0v) is 9.78. The minimum absolute atomic E-state index is 0.226. The van der Waals surface area contributed by atoms with Crippen molar-refractivity contribution in [3.05, 3.63) is 48.0 Å². The van der Waals surface area contributed by atoms with E-state index in [1.165, 1.54) is 0 Å². The molecule has 2 aliphatic rings. The van der Waals surface area contributed by atoms with Crippen molar-refractivity contribution in [1.82, 2.24) is 0 Å². The van der Waals surface area contributed by atoms with Gasteiger partial charge < -0.3 is 0 Å². The normalized spacial score (nSPS) is 37.5. The van der Waals surface area contributed by atoms with E-state index in [9.17, 15) is 4.79 Å². The lowest BCUT2D eigenvalue weighted by Gasteiger charge is -2.46. The molecule has 76 valence electrons. The molecule has 1 aromatic carbocycles. The Morgan fingerprint density at radius 1 is 1.27 bits per heavy atom. The van der Waals surface area contributed by atoms with Crippen LogP contribution in [0.2, 0.25) is 0 Å². The quantitative estimate of drug-likeness (QED) is 0.562. The van der Waals surface area contributed by atoms with Crippen LogP contribution in [-0.2, 0) is 9.12 Å². The summed E-state index contributed by atoms with van der Waals surface area (Å²) < 4.78 is -0.439. The number of alkyl halides is 1. The molecule has 2 heteroatoms. The number of carbonyl (C=O) groups excluding carboxylic acids is 1. The van der Waals surface area contributed by atoms with E-state index in [0.717, 1.165) is 12.0 Å². The Hall–Kier alpha value is -0.890. The average molecular weight is 263 g/mol. The van der Waals surface area contributed by atoms with Crippen LogP contribution < -0.4 is 0 Å². The summed E-state index contributed by atoms with van der Waals surface area (Å²) in [5, 5.41) is 0. The molecule has 3 rings (SSSR count). The highest BCUT2D eigenvalue weighted by atomic mass is 79.9. The lowest BCUT2D eigenvalue weighted by atomic mass is 9.62. The predicted octanol–water partition coefficient (Wildman–Crippen LogP) is 3.05. The maximum Gasteiger partial charge on any atom is 0.158 e. The molecule has 0 N–H and O–H groups in total. The van der Waals surface area contributed by atoms with Gasteiger partial charge in [-0.3, -0.25) is 4.79 Å². The van der Waals surface area contributed by atoms with Gasteiger partial charge in [0.15, 0.2) is 5.78 Å². The van der Waals surface area contributed by atoms with Crippen molar-refractivity contribution in [2.24, 2.45) is 11.8 Å². The smallest absolute Gasteiger partial charge is 0.158 e. The number of ketones is 1. The molecule has 0 aliphatic heterocycles. The van der Waals surface area contributed by atoms with Crippen LogP contribution in [-0.4, -0.2) is 5.78 Å². The third-order valence-electron chi connectivity index (χ3n) is 3.52. The second-order valence-corrected chi connectivity index (χ2v) is 5.49. The fourth-order valence-corrected chi connectivity index (χ4v) is 3.72. The van der Waals surface area contributed by atoms with Crippen LogP contribution in [0, 0.1) is 11.8 Å². The topological polar surface area (TPSA) is 17.1 Å². The summed E-state index contributed by atoms with van der Waals surface area (Å²) in [5.41, 5.74) is 1.09. The van der Waals surface area contributed by atoms with Crippen LogP contribution >= 0.6 is 15.9 Å². The van der Waals surface area contributed by atoms with Crippen molar-refractivity contribution in [2.45, 2.75) is 10.7 Å². The Morgan fingerprint density at radius 2 is 2.00 bits per heavy atom. The minimum atomic E-state index is -0.439. The maximum absolute atomic E-state index is 12.1. The molecule has 0 spiro atoms. The summed E-state index contributed by atoms with van der Waals surface area (Å²) in [6.45, 7) is 0. The number of carbonyl (C=O) groups is 1. The third kappa shape index (κ3) is 1.06. The average Bonchev–Trinajstić information content (AvgIpc) is 2.75. The molecule has 0 heterocycles. The van der Waals surface area contributed by atoms with Gasteiger partial charge in [-0.2, -0.15) is 0 Å². The first kappa shape index (κ1) is 9.34. The summed E-state index contributed by atoms with van der Waals surface area (Å²) in [7, 11) is 0. The second kappa shape index (κ2) is 3.05. The van der Waals surface area contributed by atoms with Gasteiger partial charge in [0.1, 0.15) is 4.32 Å². The Bertz CT molecular complexity index is 437. The zero-order valence-electron chi connectivity index (χ0n) is 8.19. The lowest BCUT2D eigenvalue weighted by Crippen LogP contribution is -2.54. The molecular formula is C13H11BrO. The third-order valence-corrected chi connectivity index (χ3v) is 4.89. The summed E-state index contributed by atoms with van der Waals surface area (Å²) >= 11 is 3.65. The van der Waals surface area contributed by atoms with Crippen LogP contribution in [0.5, 0.6) is 0 Å². The molecule has 3 atom stereocenters. The number of benzene rings is 1. The first-order chi connectivity index (χ1) is 7.24. The van der Waals surface area contributed by atoms with Gasteiger partial charge in [-0.1, -0.05) is 58.4 Å². The molecule has 3 unspecified atom stereocenters. The molecule has 0 bridgehead atoms. The Labute approximate surface area is 97.3 Å². The van der Waals surface area contributed by atoms with E-state index in [4.69, 9.17) is 0 Å². The molecule has 1 aromatic rings. The van der Waals surface area contributed by atoms with Crippen LogP contribution in [0.4, 0.5) is 0 Å². The van der Waals surface area contributed by atoms with E-state index in [1.807, 2.05) is 30.3 Å². The van der Waals surface area contributed by atoms with Crippen molar-refractivity contribution < 1.29 is 4.79 Å². The van der Waals surface area contributed by atoms with E-state index >= 15 is 0 Å². The number of hydrogen-bond donors (Lipinski definition) is 0. The number of Topliss-reactive ketones (excluding diaryl/α,β-unsaturated/α-hetero) is 1. The molecule has 0 saturated heterocycles. The molecule has 1 saturated carbocycles. The molecule has 1 nitrogen and oxygen atoms in total. The van der Waals surface area contributed by atoms with E-state index in [0.29, 0.717) is 11.7 Å². The molecule has 2 aliphatic carbocycles. The Balaban J connectivity index is 2.05. The van der Waals surface area contributed by atoms with E-state index in [-0.39, 0.29) is 5.92 Å². The van der Waals surface area contributed by atoms with Crippen LogP contribution in [0.1, 0.15) is 12.0 Å². The first-order valence-corrected chi connectivity index (χ1v) is 5.99. The summed E-state index contributed by atoms with van der Waals surface area (Å²) in [6, 6.07) is 9.99. The van der Waals surface area contributed by atoms with Crippen molar-refractivity contribution in [1.29, 1.82) is 0 Å². The van der Waals surface area contributed by atoms with E-state index in [2.05, 4.69) is 28.1 Å². The van der Waals surface area contributed by atoms with Gasteiger partial charge in [-0.15, -0.1) is 0 Å². The van der Waals surface area contributed by atoms with Gasteiger partial charge in [0.25, 0.3) is 0 Å². The monoisotopic (exact) mass is 262 g/mol. The van der Waals surface area contributed by atoms with Crippen molar-refractivity contribution in [2.75, 3.05) is 0 Å². The van der Waals surface area contributed by atoms with Gasteiger partial charge in [0.05, 0.1) is 0 Å². The molecular weight excluding hydrogens is 252 g/mol. The fraction of sp³-hybridized carbons (Fsp3) is 0.308. The summed E-state index contributed by atoms with van der Waals surface area (Å²) in [4.78, 5) is 12.1. The zero-order chi connectivity index (χ0) is 10.5. The van der Waals surface area contributed by atoms with Crippen LogP contribution in [0.25, 0.3) is 0 Å². The van der Waals surface area contributed by atoms with Crippen molar-refractivity contribution in [3.8, 4) is 0 Å². The largest absolute Gasteiger partial charge is 0.297 e. The van der Waals surface area contributed by atoms with Gasteiger partial charge in [-0.25, -0.2) is 0 Å². The van der Waals surface area contributed by atoms with Crippen LogP contribution in [0.3, 0.4) is 0 Å². The Kier molecular flexibility index (Phi) is 1.90. The summed E-state index contributed by atoms with van der Waals surface area (Å²) in [6.07, 6.45) is 5.22. The lowest BCUT2D eigenvalue weighted by molar-refractivity contribution is -0.136. The summed E-state index contributed by atoms with van der Waals surface area (Å²) in [5.74, 6) is 0.917. The van der Waals surface area contributed by atoms with Gasteiger partial charge in [0, 0.05) is 11.8 Å². The number of allylic oxidation sites excluding steroid dienone is 2. The molecule has 1 fully saturated rings.